The quantitative estimate of drug-likeness (QED) is 0.141. The predicted octanol–water partition coefficient (Wildman–Crippen LogP) is 6.45. The van der Waals surface area contributed by atoms with Crippen molar-refractivity contribution in [1.82, 2.24) is 0 Å². The van der Waals surface area contributed by atoms with E-state index in [4.69, 9.17) is 0 Å². The average Bonchev–Trinajstić information content (AvgIpc) is 3.44. The normalized spacial score (nSPS) is 15.3. The molecule has 1 aliphatic rings. The molecule has 1 aliphatic heterocycles. The van der Waals surface area contributed by atoms with E-state index in [0.29, 0.717) is 13.1 Å². The summed E-state index contributed by atoms with van der Waals surface area (Å²) in [5, 5.41) is 4.12. The van der Waals surface area contributed by atoms with Crippen LogP contribution in [0.25, 0.3) is 27.1 Å². The van der Waals surface area contributed by atoms with E-state index in [0.717, 1.165) is 59.2 Å². The Morgan fingerprint density at radius 2 is 1.71 bits per heavy atom. The van der Waals surface area contributed by atoms with E-state index in [1.807, 2.05) is 19.1 Å². The van der Waals surface area contributed by atoms with Gasteiger partial charge in [0.1, 0.15) is 4.70 Å². The lowest BCUT2D eigenvalue weighted by Crippen LogP contribution is -2.36. The largest absolute Gasteiger partial charge is 0.335 e. The van der Waals surface area contributed by atoms with Crippen molar-refractivity contribution in [3.8, 4) is 0 Å². The predicted molar refractivity (Wildman–Crippen MR) is 172 cm³/mol. The highest BCUT2D eigenvalue weighted by molar-refractivity contribution is 8.03. The summed E-state index contributed by atoms with van der Waals surface area (Å²) in [5.74, 6) is -0.624. The number of thiazole rings is 1. The number of aromatic nitrogens is 1. The van der Waals surface area contributed by atoms with Gasteiger partial charge in [0, 0.05) is 23.9 Å². The Morgan fingerprint density at radius 1 is 0.976 bits per heavy atom. The van der Waals surface area contributed by atoms with Crippen LogP contribution in [0.1, 0.15) is 36.8 Å². The number of nitrogens with zero attached hydrogens (tertiary/aromatic N) is 2. The highest BCUT2D eigenvalue weighted by Gasteiger charge is 2.27. The van der Waals surface area contributed by atoms with Crippen molar-refractivity contribution in [2.45, 2.75) is 44.6 Å². The minimum Gasteiger partial charge on any atom is -0.335 e. The summed E-state index contributed by atoms with van der Waals surface area (Å²) < 4.78 is 67.6. The number of anilines is 1. The van der Waals surface area contributed by atoms with E-state index in [-0.39, 0.29) is 24.3 Å². The van der Waals surface area contributed by atoms with Crippen molar-refractivity contribution in [3.63, 3.8) is 0 Å². The number of aryl methyl sites for hydroxylation is 2. The molecule has 8 nitrogen and oxygen atoms in total. The molecule has 0 radical (unpaired) electrons. The summed E-state index contributed by atoms with van der Waals surface area (Å²) in [4.78, 5) is 3.20. The first-order valence-corrected chi connectivity index (χ1v) is 18.5. The van der Waals surface area contributed by atoms with Crippen LogP contribution >= 0.6 is 23.1 Å². The van der Waals surface area contributed by atoms with Crippen LogP contribution in [0.5, 0.6) is 0 Å². The Hall–Kier alpha value is -2.74. The molecule has 0 atom stereocenters. The first-order valence-electron chi connectivity index (χ1n) is 13.6. The summed E-state index contributed by atoms with van der Waals surface area (Å²) in [5.41, 5.74) is 4.21. The van der Waals surface area contributed by atoms with Gasteiger partial charge in [-0.15, -0.1) is 0 Å². The molecule has 2 heterocycles. The maximum Gasteiger partial charge on any atom is 0.265 e. The van der Waals surface area contributed by atoms with Crippen LogP contribution in [0.2, 0.25) is 0 Å². The van der Waals surface area contributed by atoms with E-state index in [9.17, 15) is 25.9 Å². The third-order valence-corrected chi connectivity index (χ3v) is 10.9. The molecule has 2 N–H and O–H groups in total. The summed E-state index contributed by atoms with van der Waals surface area (Å²) in [6, 6.07) is 18.5. The number of fused-ring (bicyclic) bond motifs is 4. The van der Waals surface area contributed by atoms with Crippen molar-refractivity contribution in [3.05, 3.63) is 81.8 Å². The molecule has 3 aromatic carbocycles. The second-order valence-electron chi connectivity index (χ2n) is 10.3. The van der Waals surface area contributed by atoms with Crippen molar-refractivity contribution in [1.29, 1.82) is 0 Å². The van der Waals surface area contributed by atoms with Crippen LogP contribution in [-0.2, 0) is 26.8 Å². The fourth-order valence-electron chi connectivity index (χ4n) is 5.13. The van der Waals surface area contributed by atoms with E-state index >= 15 is 0 Å². The van der Waals surface area contributed by atoms with Crippen molar-refractivity contribution in [2.75, 3.05) is 23.0 Å². The number of allylic oxidation sites excluding steroid dienone is 2. The van der Waals surface area contributed by atoms with Crippen LogP contribution in [0.3, 0.4) is 0 Å². The minimum absolute atomic E-state index is 0.272. The molecule has 0 bridgehead atoms. The van der Waals surface area contributed by atoms with Crippen molar-refractivity contribution in [2.24, 2.45) is 0 Å². The van der Waals surface area contributed by atoms with Gasteiger partial charge in [0.05, 0.1) is 27.6 Å². The Labute approximate surface area is 254 Å². The highest BCUT2D eigenvalue weighted by Crippen LogP contribution is 2.47. The molecule has 222 valence electrons. The lowest BCUT2D eigenvalue weighted by Gasteiger charge is -2.21. The zero-order valence-corrected chi connectivity index (χ0v) is 26.6. The number of benzene rings is 3. The molecule has 0 aliphatic carbocycles. The monoisotopic (exact) mass is 645 g/mol. The number of rotatable bonds is 11. The van der Waals surface area contributed by atoms with Gasteiger partial charge in [-0.3, -0.25) is 9.11 Å². The molecule has 0 saturated carbocycles. The SMILES string of the molecule is CCC(=C/c1sc2ccc3ccccc3c2[n+]1CCCS(=O)(=O)O)/C=C1\Sc2ccc(C)cc2N1CCCS(=O)(=O)O. The van der Waals surface area contributed by atoms with Gasteiger partial charge in [-0.1, -0.05) is 60.4 Å². The number of thioether (sulfide) groups is 1. The summed E-state index contributed by atoms with van der Waals surface area (Å²) >= 11 is 3.26. The number of hydrogen-bond acceptors (Lipinski definition) is 7. The molecular weight excluding hydrogens is 613 g/mol. The third kappa shape index (κ3) is 7.24. The standard InChI is InChI=1S/C30H32N2O6S4/c1-3-22(19-28-31(14-6-16-41(33,34)35)25-18-21(2)10-12-26(25)39-28)20-29-32(15-7-17-42(36,37)38)30-24-9-5-4-8-23(24)11-13-27(30)40-29/h4-5,8-13,18-20H,3,6-7,14-17H2,1-2H3,(H-,33,34,35,36,37,38)/p+1. The van der Waals surface area contributed by atoms with Gasteiger partial charge >= 0.3 is 0 Å². The van der Waals surface area contributed by atoms with E-state index in [2.05, 4.69) is 71.0 Å². The van der Waals surface area contributed by atoms with Gasteiger partial charge < -0.3 is 4.90 Å². The molecule has 0 amide bonds. The van der Waals surface area contributed by atoms with E-state index < -0.39 is 20.2 Å². The molecule has 0 unspecified atom stereocenters. The molecule has 0 fully saturated rings. The highest BCUT2D eigenvalue weighted by atomic mass is 32.2. The first-order chi connectivity index (χ1) is 19.9. The smallest absolute Gasteiger partial charge is 0.265 e. The molecule has 5 rings (SSSR count). The van der Waals surface area contributed by atoms with Crippen LogP contribution in [0, 0.1) is 6.92 Å². The van der Waals surface area contributed by atoms with E-state index in [1.54, 1.807) is 23.1 Å². The van der Waals surface area contributed by atoms with Crippen molar-refractivity contribution < 1.29 is 30.5 Å². The van der Waals surface area contributed by atoms with E-state index in [1.165, 1.54) is 0 Å². The number of hydrogen-bond donors (Lipinski definition) is 2. The van der Waals surface area contributed by atoms with Crippen LogP contribution < -0.4 is 9.47 Å². The molecule has 0 spiro atoms. The maximum absolute atomic E-state index is 11.5. The molecule has 42 heavy (non-hydrogen) atoms. The Kier molecular flexibility index (Phi) is 9.12. The second kappa shape index (κ2) is 12.5. The zero-order chi connectivity index (χ0) is 30.1. The second-order valence-corrected chi connectivity index (χ2v) is 15.6. The van der Waals surface area contributed by atoms with Gasteiger partial charge in [-0.25, -0.2) is 0 Å². The van der Waals surface area contributed by atoms with Crippen LogP contribution in [0.4, 0.5) is 5.69 Å². The fraction of sp³-hybridized carbons (Fsp3) is 0.300. The fourth-order valence-corrected chi connectivity index (χ4v) is 8.44. The average molecular weight is 646 g/mol. The topological polar surface area (TPSA) is 116 Å². The molecule has 1 aromatic heterocycles. The summed E-state index contributed by atoms with van der Waals surface area (Å²) in [7, 11) is -8.13. The minimum atomic E-state index is -4.08. The molecule has 12 heteroatoms. The molecule has 4 aromatic rings. The first kappa shape index (κ1) is 30.7. The third-order valence-electron chi connectivity index (χ3n) is 7.09. The van der Waals surface area contributed by atoms with Crippen LogP contribution in [-0.4, -0.2) is 44.0 Å². The lowest BCUT2D eigenvalue weighted by molar-refractivity contribution is -0.667. The van der Waals surface area contributed by atoms with Gasteiger partial charge in [0.15, 0.2) is 6.54 Å². The summed E-state index contributed by atoms with van der Waals surface area (Å²) in [6.45, 7) is 4.96. The van der Waals surface area contributed by atoms with Gasteiger partial charge in [0.2, 0.25) is 5.52 Å². The van der Waals surface area contributed by atoms with Crippen LogP contribution in [0.15, 0.2) is 76.2 Å². The van der Waals surface area contributed by atoms with Crippen molar-refractivity contribution >= 4 is 76.1 Å². The molecule has 0 saturated heterocycles. The summed E-state index contributed by atoms with van der Waals surface area (Å²) in [6.07, 6.45) is 5.54. The van der Waals surface area contributed by atoms with Gasteiger partial charge in [-0.05, 0) is 66.6 Å². The van der Waals surface area contributed by atoms with Gasteiger partial charge in [0.25, 0.3) is 25.2 Å². The zero-order valence-electron chi connectivity index (χ0n) is 23.4. The Balaban J connectivity index is 1.56. The molecular formula is C30H33N2O6S4+. The Bertz CT molecular complexity index is 1930. The Morgan fingerprint density at radius 3 is 2.45 bits per heavy atom. The maximum atomic E-state index is 11.5. The van der Waals surface area contributed by atoms with Gasteiger partial charge in [-0.2, -0.15) is 21.4 Å². The lowest BCUT2D eigenvalue weighted by atomic mass is 10.1.